The van der Waals surface area contributed by atoms with Crippen molar-refractivity contribution in [1.29, 1.82) is 0 Å². The summed E-state index contributed by atoms with van der Waals surface area (Å²) in [5, 5.41) is 9.01. The monoisotopic (exact) mass is 303 g/mol. The molecule has 1 rings (SSSR count). The number of nitrogens with one attached hydrogen (secondary N) is 1. The number of aryl methyl sites for hydroxylation is 1. The van der Waals surface area contributed by atoms with E-state index in [0.717, 1.165) is 12.5 Å². The number of carboxylic acids is 1. The maximum Gasteiger partial charge on any atom is 0.321 e. The van der Waals surface area contributed by atoms with Gasteiger partial charge in [-0.3, -0.25) is 4.79 Å². The molecule has 112 valence electrons. The number of carbonyl (C=O) groups is 1. The average molecular weight is 303 g/mol. The summed E-state index contributed by atoms with van der Waals surface area (Å²) in [4.78, 5) is 10.5. The van der Waals surface area contributed by atoms with Crippen LogP contribution in [0.3, 0.4) is 0 Å². The molecule has 20 heavy (non-hydrogen) atoms. The van der Waals surface area contributed by atoms with E-state index in [2.05, 4.69) is 0 Å². The van der Waals surface area contributed by atoms with Crippen LogP contribution in [0.25, 0.3) is 0 Å². The van der Waals surface area contributed by atoms with Crippen molar-refractivity contribution < 1.29 is 22.7 Å². The van der Waals surface area contributed by atoms with Gasteiger partial charge >= 0.3 is 5.97 Å². The largest absolute Gasteiger partial charge is 0.480 e. The van der Waals surface area contributed by atoms with Gasteiger partial charge in [0.1, 0.15) is 16.8 Å². The third-order valence-electron chi connectivity index (χ3n) is 2.82. The van der Waals surface area contributed by atoms with Crippen molar-refractivity contribution >= 4 is 16.0 Å². The molecular weight excluding hydrogens is 285 g/mol. The highest BCUT2D eigenvalue weighted by molar-refractivity contribution is 7.89. The fraction of sp³-hybridized carbons (Fsp3) is 0.462. The molecular formula is C13H18FNO4S. The van der Waals surface area contributed by atoms with Gasteiger partial charge in [0, 0.05) is 0 Å². The summed E-state index contributed by atoms with van der Waals surface area (Å²) >= 11 is 0. The van der Waals surface area contributed by atoms with Crippen LogP contribution in [0.4, 0.5) is 4.39 Å². The molecule has 1 aromatic carbocycles. The predicted octanol–water partition coefficient (Wildman–Crippen LogP) is 2.06. The maximum absolute atomic E-state index is 13.6. The minimum absolute atomic E-state index is 0.165. The Morgan fingerprint density at radius 1 is 1.45 bits per heavy atom. The lowest BCUT2D eigenvalue weighted by Crippen LogP contribution is -2.40. The number of rotatable bonds is 7. The van der Waals surface area contributed by atoms with Gasteiger partial charge in [0.05, 0.1) is 0 Å². The molecule has 0 spiro atoms. The summed E-state index contributed by atoms with van der Waals surface area (Å²) in [6.07, 6.45) is 1.47. The third-order valence-corrected chi connectivity index (χ3v) is 4.30. The van der Waals surface area contributed by atoms with Gasteiger partial charge in [-0.1, -0.05) is 25.8 Å². The SMILES string of the molecule is CCCC[C@H](NS(=O)(=O)c1cc(C)ccc1F)C(=O)O. The smallest absolute Gasteiger partial charge is 0.321 e. The molecule has 5 nitrogen and oxygen atoms in total. The Balaban J connectivity index is 3.03. The van der Waals surface area contributed by atoms with Crippen molar-refractivity contribution in [2.24, 2.45) is 0 Å². The van der Waals surface area contributed by atoms with Crippen molar-refractivity contribution in [3.63, 3.8) is 0 Å². The number of sulfonamides is 1. The first-order valence-corrected chi connectivity index (χ1v) is 7.77. The van der Waals surface area contributed by atoms with E-state index in [9.17, 15) is 17.6 Å². The third kappa shape index (κ3) is 4.28. The molecule has 1 atom stereocenters. The summed E-state index contributed by atoms with van der Waals surface area (Å²) in [6, 6.07) is 2.42. The zero-order valence-electron chi connectivity index (χ0n) is 11.4. The van der Waals surface area contributed by atoms with Gasteiger partial charge < -0.3 is 5.11 Å². The van der Waals surface area contributed by atoms with Crippen LogP contribution in [0.1, 0.15) is 31.7 Å². The molecule has 2 N–H and O–H groups in total. The van der Waals surface area contributed by atoms with Gasteiger partial charge in [0.25, 0.3) is 0 Å². The summed E-state index contributed by atoms with van der Waals surface area (Å²) in [5.41, 5.74) is 0.576. The Labute approximate surface area is 117 Å². The summed E-state index contributed by atoms with van der Waals surface area (Å²) in [6.45, 7) is 3.50. The molecule has 0 amide bonds. The number of halogens is 1. The predicted molar refractivity (Wildman–Crippen MR) is 72.4 cm³/mol. The molecule has 0 bridgehead atoms. The molecule has 0 saturated heterocycles. The summed E-state index contributed by atoms with van der Waals surface area (Å²) in [5.74, 6) is -2.17. The molecule has 0 fully saturated rings. The first kappa shape index (κ1) is 16.6. The Morgan fingerprint density at radius 2 is 2.10 bits per heavy atom. The lowest BCUT2D eigenvalue weighted by atomic mass is 10.1. The molecule has 0 saturated carbocycles. The molecule has 0 aliphatic heterocycles. The van der Waals surface area contributed by atoms with Crippen molar-refractivity contribution in [1.82, 2.24) is 4.72 Å². The van der Waals surface area contributed by atoms with Gasteiger partial charge in [-0.25, -0.2) is 12.8 Å². The van der Waals surface area contributed by atoms with Crippen LogP contribution in [0, 0.1) is 12.7 Å². The molecule has 0 heterocycles. The van der Waals surface area contributed by atoms with E-state index in [-0.39, 0.29) is 6.42 Å². The first-order chi connectivity index (χ1) is 9.27. The van der Waals surface area contributed by atoms with Gasteiger partial charge in [0.15, 0.2) is 0 Å². The lowest BCUT2D eigenvalue weighted by molar-refractivity contribution is -0.139. The van der Waals surface area contributed by atoms with E-state index >= 15 is 0 Å². The zero-order chi connectivity index (χ0) is 15.3. The number of benzene rings is 1. The van der Waals surface area contributed by atoms with Crippen molar-refractivity contribution in [2.75, 3.05) is 0 Å². The Bertz CT molecular complexity index is 586. The Hall–Kier alpha value is -1.47. The van der Waals surface area contributed by atoms with Crippen molar-refractivity contribution in [2.45, 2.75) is 44.0 Å². The second-order valence-electron chi connectivity index (χ2n) is 4.59. The molecule has 0 aliphatic carbocycles. The summed E-state index contributed by atoms with van der Waals surface area (Å²) in [7, 11) is -4.19. The number of hydrogen-bond acceptors (Lipinski definition) is 3. The molecule has 0 radical (unpaired) electrons. The van der Waals surface area contributed by atoms with Gasteiger partial charge in [0.2, 0.25) is 10.0 Å². The Kier molecular flexibility index (Phi) is 5.64. The maximum atomic E-state index is 13.6. The molecule has 7 heteroatoms. The van der Waals surface area contributed by atoms with E-state index in [0.29, 0.717) is 12.0 Å². The lowest BCUT2D eigenvalue weighted by Gasteiger charge is -2.15. The van der Waals surface area contributed by atoms with Gasteiger partial charge in [-0.05, 0) is 31.0 Å². The molecule has 0 aromatic heterocycles. The van der Waals surface area contributed by atoms with Crippen molar-refractivity contribution in [3.05, 3.63) is 29.6 Å². The number of hydrogen-bond donors (Lipinski definition) is 2. The van der Waals surface area contributed by atoms with Crippen LogP contribution in [0.2, 0.25) is 0 Å². The second kappa shape index (κ2) is 6.81. The number of aliphatic carboxylic acids is 1. The van der Waals surface area contributed by atoms with Crippen LogP contribution in [0.15, 0.2) is 23.1 Å². The number of unbranched alkanes of at least 4 members (excludes halogenated alkanes) is 1. The van der Waals surface area contributed by atoms with Crippen molar-refractivity contribution in [3.8, 4) is 0 Å². The van der Waals surface area contributed by atoms with Gasteiger partial charge in [-0.15, -0.1) is 0 Å². The number of carboxylic acid groups (broad SMARTS) is 1. The topological polar surface area (TPSA) is 83.5 Å². The Morgan fingerprint density at radius 3 is 2.65 bits per heavy atom. The fourth-order valence-electron chi connectivity index (χ4n) is 1.71. The van der Waals surface area contributed by atoms with Crippen LogP contribution in [0.5, 0.6) is 0 Å². The summed E-state index contributed by atoms with van der Waals surface area (Å²) < 4.78 is 39.8. The van der Waals surface area contributed by atoms with Crippen LogP contribution < -0.4 is 4.72 Å². The van der Waals surface area contributed by atoms with E-state index in [4.69, 9.17) is 5.11 Å². The van der Waals surface area contributed by atoms with E-state index in [1.165, 1.54) is 12.1 Å². The first-order valence-electron chi connectivity index (χ1n) is 6.29. The van der Waals surface area contributed by atoms with E-state index in [1.54, 1.807) is 6.92 Å². The minimum atomic E-state index is -4.19. The highest BCUT2D eigenvalue weighted by Gasteiger charge is 2.27. The quantitative estimate of drug-likeness (QED) is 0.807. The second-order valence-corrected chi connectivity index (χ2v) is 6.27. The van der Waals surface area contributed by atoms with E-state index in [1.807, 2.05) is 11.6 Å². The minimum Gasteiger partial charge on any atom is -0.480 e. The van der Waals surface area contributed by atoms with Crippen LogP contribution in [-0.2, 0) is 14.8 Å². The van der Waals surface area contributed by atoms with Gasteiger partial charge in [-0.2, -0.15) is 4.72 Å². The average Bonchev–Trinajstić information content (AvgIpc) is 2.36. The van der Waals surface area contributed by atoms with E-state index < -0.39 is 32.7 Å². The molecule has 1 aromatic rings. The van der Waals surface area contributed by atoms with Crippen LogP contribution >= 0.6 is 0 Å². The molecule has 0 aliphatic rings. The fourth-order valence-corrected chi connectivity index (χ4v) is 3.09. The zero-order valence-corrected chi connectivity index (χ0v) is 12.2. The normalized spacial score (nSPS) is 13.2. The highest BCUT2D eigenvalue weighted by Crippen LogP contribution is 2.17. The van der Waals surface area contributed by atoms with Crippen LogP contribution in [-0.4, -0.2) is 25.5 Å². The highest BCUT2D eigenvalue weighted by atomic mass is 32.2. The molecule has 0 unspecified atom stereocenters. The standard InChI is InChI=1S/C13H18FNO4S/c1-3-4-5-11(13(16)17)15-20(18,19)12-8-9(2)6-7-10(12)14/h6-8,11,15H,3-5H2,1-2H3,(H,16,17)/t11-/m0/s1.